The van der Waals surface area contributed by atoms with Crippen LogP contribution in [0, 0.1) is 0 Å². The fraction of sp³-hybridized carbons (Fsp3) is 0.150. The standard InChI is InChI=1S/C20H13F6NO3/c21-19(22,23)29-17-7-3-1-5-12(17)14-9-27-10-15(16(14)11-28)13-6-2-4-8-18(13)30-20(24,25)26/h1-10,28H,11H2. The zero-order chi connectivity index (χ0) is 21.9. The van der Waals surface area contributed by atoms with Gasteiger partial charge in [0.1, 0.15) is 11.5 Å². The Hall–Kier alpha value is -3.27. The van der Waals surface area contributed by atoms with E-state index in [1.165, 1.54) is 48.8 Å². The van der Waals surface area contributed by atoms with Crippen LogP contribution in [0.1, 0.15) is 5.56 Å². The van der Waals surface area contributed by atoms with Crippen molar-refractivity contribution >= 4 is 0 Å². The molecule has 3 rings (SSSR count). The Morgan fingerprint density at radius 3 is 1.43 bits per heavy atom. The summed E-state index contributed by atoms with van der Waals surface area (Å²) in [5, 5.41) is 9.91. The van der Waals surface area contributed by atoms with Gasteiger partial charge in [-0.2, -0.15) is 0 Å². The van der Waals surface area contributed by atoms with Gasteiger partial charge in [-0.05, 0) is 17.7 Å². The summed E-state index contributed by atoms with van der Waals surface area (Å²) in [7, 11) is 0. The molecule has 0 saturated carbocycles. The van der Waals surface area contributed by atoms with Crippen molar-refractivity contribution in [2.24, 2.45) is 0 Å². The van der Waals surface area contributed by atoms with Crippen LogP contribution in [-0.2, 0) is 6.61 Å². The van der Waals surface area contributed by atoms with E-state index in [-0.39, 0.29) is 27.8 Å². The molecule has 0 fully saturated rings. The lowest BCUT2D eigenvalue weighted by Gasteiger charge is -2.18. The van der Waals surface area contributed by atoms with E-state index in [1.54, 1.807) is 0 Å². The Balaban J connectivity index is 2.18. The first-order valence-corrected chi connectivity index (χ1v) is 8.37. The molecule has 0 atom stereocenters. The minimum absolute atomic E-state index is 0.0394. The van der Waals surface area contributed by atoms with E-state index in [9.17, 15) is 31.4 Å². The van der Waals surface area contributed by atoms with Gasteiger partial charge in [0.2, 0.25) is 0 Å². The second-order valence-electron chi connectivity index (χ2n) is 5.96. The van der Waals surface area contributed by atoms with Gasteiger partial charge in [0.15, 0.2) is 0 Å². The Morgan fingerprint density at radius 1 is 0.667 bits per heavy atom. The fourth-order valence-corrected chi connectivity index (χ4v) is 2.93. The van der Waals surface area contributed by atoms with Crippen LogP contribution in [0.5, 0.6) is 11.5 Å². The lowest BCUT2D eigenvalue weighted by atomic mass is 9.94. The second-order valence-corrected chi connectivity index (χ2v) is 5.96. The molecule has 30 heavy (non-hydrogen) atoms. The molecule has 0 saturated heterocycles. The van der Waals surface area contributed by atoms with Crippen molar-refractivity contribution in [3.63, 3.8) is 0 Å². The summed E-state index contributed by atoms with van der Waals surface area (Å²) in [5.41, 5.74) is 0.111. The van der Waals surface area contributed by atoms with Gasteiger partial charge in [-0.3, -0.25) is 4.98 Å². The average Bonchev–Trinajstić information content (AvgIpc) is 2.66. The summed E-state index contributed by atoms with van der Waals surface area (Å²) in [5.74, 6) is -1.09. The maximum Gasteiger partial charge on any atom is 0.573 e. The van der Waals surface area contributed by atoms with Crippen LogP contribution in [-0.4, -0.2) is 22.8 Å². The number of ether oxygens (including phenoxy) is 2. The molecule has 3 aromatic rings. The number of aromatic nitrogens is 1. The largest absolute Gasteiger partial charge is 0.573 e. The second kappa shape index (κ2) is 8.23. The zero-order valence-corrected chi connectivity index (χ0v) is 15.0. The molecule has 4 nitrogen and oxygen atoms in total. The van der Waals surface area contributed by atoms with Gasteiger partial charge in [-0.15, -0.1) is 26.3 Å². The average molecular weight is 429 g/mol. The highest BCUT2D eigenvalue weighted by Gasteiger charge is 2.34. The molecule has 1 heterocycles. The van der Waals surface area contributed by atoms with Gasteiger partial charge < -0.3 is 14.6 Å². The molecular weight excluding hydrogens is 416 g/mol. The molecule has 10 heteroatoms. The topological polar surface area (TPSA) is 51.6 Å². The van der Waals surface area contributed by atoms with Crippen LogP contribution in [0.2, 0.25) is 0 Å². The Morgan fingerprint density at radius 2 is 1.07 bits per heavy atom. The number of pyridine rings is 1. The fourth-order valence-electron chi connectivity index (χ4n) is 2.93. The van der Waals surface area contributed by atoms with Gasteiger partial charge in [0, 0.05) is 34.6 Å². The number of hydrogen-bond donors (Lipinski definition) is 1. The maximum atomic E-state index is 12.8. The quantitative estimate of drug-likeness (QED) is 0.529. The first-order chi connectivity index (χ1) is 14.1. The first-order valence-electron chi connectivity index (χ1n) is 8.37. The highest BCUT2D eigenvalue weighted by molar-refractivity contribution is 5.82. The molecule has 2 aromatic carbocycles. The van der Waals surface area contributed by atoms with Crippen molar-refractivity contribution in [2.75, 3.05) is 0 Å². The van der Waals surface area contributed by atoms with Crippen LogP contribution in [0.3, 0.4) is 0 Å². The number of aliphatic hydroxyl groups is 1. The van der Waals surface area contributed by atoms with Crippen molar-refractivity contribution in [2.45, 2.75) is 19.3 Å². The van der Waals surface area contributed by atoms with Gasteiger partial charge >= 0.3 is 12.7 Å². The van der Waals surface area contributed by atoms with Crippen molar-refractivity contribution in [1.82, 2.24) is 4.98 Å². The molecular formula is C20H13F6NO3. The third-order valence-electron chi connectivity index (χ3n) is 4.02. The summed E-state index contributed by atoms with van der Waals surface area (Å²) in [6, 6.07) is 10.4. The highest BCUT2D eigenvalue weighted by atomic mass is 19.4. The summed E-state index contributed by atoms with van der Waals surface area (Å²) in [6.45, 7) is -0.687. The van der Waals surface area contributed by atoms with Crippen molar-refractivity contribution in [3.05, 3.63) is 66.5 Å². The number of nitrogens with zero attached hydrogens (tertiary/aromatic N) is 1. The SMILES string of the molecule is OCc1c(-c2ccccc2OC(F)(F)F)cncc1-c1ccccc1OC(F)(F)F. The van der Waals surface area contributed by atoms with E-state index in [1.807, 2.05) is 0 Å². The molecule has 0 amide bonds. The van der Waals surface area contributed by atoms with E-state index >= 15 is 0 Å². The molecule has 1 aromatic heterocycles. The summed E-state index contributed by atoms with van der Waals surface area (Å²) in [4.78, 5) is 3.94. The predicted octanol–water partition coefficient (Wildman–Crippen LogP) is 5.71. The Labute approximate surface area is 166 Å². The molecule has 0 bridgehead atoms. The van der Waals surface area contributed by atoms with E-state index in [2.05, 4.69) is 14.5 Å². The highest BCUT2D eigenvalue weighted by Crippen LogP contribution is 2.41. The Bertz CT molecular complexity index is 956. The molecule has 0 aliphatic carbocycles. The van der Waals surface area contributed by atoms with Crippen molar-refractivity contribution in [3.8, 4) is 33.8 Å². The number of aliphatic hydroxyl groups excluding tert-OH is 1. The molecule has 0 unspecified atom stereocenters. The monoisotopic (exact) mass is 429 g/mol. The van der Waals surface area contributed by atoms with E-state index in [0.29, 0.717) is 0 Å². The third kappa shape index (κ3) is 5.01. The van der Waals surface area contributed by atoms with Crippen LogP contribution >= 0.6 is 0 Å². The van der Waals surface area contributed by atoms with Crippen LogP contribution < -0.4 is 9.47 Å². The Kier molecular flexibility index (Phi) is 5.88. The minimum atomic E-state index is -4.96. The third-order valence-corrected chi connectivity index (χ3v) is 4.02. The number of halogens is 6. The van der Waals surface area contributed by atoms with Crippen LogP contribution in [0.4, 0.5) is 26.3 Å². The first kappa shape index (κ1) is 21.4. The minimum Gasteiger partial charge on any atom is -0.405 e. The van der Waals surface area contributed by atoms with Crippen molar-refractivity contribution in [1.29, 1.82) is 0 Å². The number of benzene rings is 2. The van der Waals surface area contributed by atoms with Gasteiger partial charge in [0.25, 0.3) is 0 Å². The van der Waals surface area contributed by atoms with Gasteiger partial charge in [-0.1, -0.05) is 36.4 Å². The van der Waals surface area contributed by atoms with Crippen LogP contribution in [0.15, 0.2) is 60.9 Å². The summed E-state index contributed by atoms with van der Waals surface area (Å²) >= 11 is 0. The molecule has 0 aliphatic heterocycles. The molecule has 0 radical (unpaired) electrons. The van der Waals surface area contributed by atoms with Crippen molar-refractivity contribution < 1.29 is 40.9 Å². The summed E-state index contributed by atoms with van der Waals surface area (Å²) < 4.78 is 84.7. The smallest absolute Gasteiger partial charge is 0.405 e. The molecule has 0 spiro atoms. The number of hydrogen-bond acceptors (Lipinski definition) is 4. The zero-order valence-electron chi connectivity index (χ0n) is 15.0. The lowest BCUT2D eigenvalue weighted by Crippen LogP contribution is -2.18. The van der Waals surface area contributed by atoms with E-state index in [0.717, 1.165) is 12.1 Å². The van der Waals surface area contributed by atoms with E-state index < -0.39 is 30.8 Å². The van der Waals surface area contributed by atoms with Gasteiger partial charge in [-0.25, -0.2) is 0 Å². The number of para-hydroxylation sites is 2. The molecule has 158 valence electrons. The number of rotatable bonds is 5. The normalized spacial score (nSPS) is 12.0. The molecule has 0 aliphatic rings. The molecule has 1 N–H and O–H groups in total. The predicted molar refractivity (Wildman–Crippen MR) is 94.4 cm³/mol. The lowest BCUT2D eigenvalue weighted by molar-refractivity contribution is -0.275. The van der Waals surface area contributed by atoms with Crippen LogP contribution in [0.25, 0.3) is 22.3 Å². The van der Waals surface area contributed by atoms with Gasteiger partial charge in [0.05, 0.1) is 6.61 Å². The maximum absolute atomic E-state index is 12.8. The number of alkyl halides is 6. The van der Waals surface area contributed by atoms with E-state index in [4.69, 9.17) is 0 Å². The summed E-state index contributed by atoms with van der Waals surface area (Å²) in [6.07, 6.45) is -7.54.